The predicted octanol–water partition coefficient (Wildman–Crippen LogP) is 4.68. The predicted molar refractivity (Wildman–Crippen MR) is 98.1 cm³/mol. The Morgan fingerprint density at radius 2 is 1.50 bits per heavy atom. The smallest absolute Gasteiger partial charge is 0.375 e. The lowest BCUT2D eigenvalue weighted by Crippen LogP contribution is -2.28. The minimum absolute atomic E-state index is 0.143. The molecule has 3 aromatic carbocycles. The number of aromatic nitrogens is 2. The van der Waals surface area contributed by atoms with Gasteiger partial charge in [0, 0.05) is 5.39 Å². The number of alkyl halides is 3. The summed E-state index contributed by atoms with van der Waals surface area (Å²) in [5.41, 5.74) is -4.58. The van der Waals surface area contributed by atoms with E-state index in [0.29, 0.717) is 21.7 Å². The second-order valence-corrected chi connectivity index (χ2v) is 7.42. The number of fused-ring (bicyclic) bond motifs is 2. The van der Waals surface area contributed by atoms with Gasteiger partial charge in [-0.15, -0.1) is 0 Å². The zero-order chi connectivity index (χ0) is 19.9. The summed E-state index contributed by atoms with van der Waals surface area (Å²) in [4.78, 5) is 8.35. The Bertz CT molecular complexity index is 1300. The van der Waals surface area contributed by atoms with Crippen molar-refractivity contribution in [1.82, 2.24) is 9.97 Å². The molecule has 0 bridgehead atoms. The summed E-state index contributed by atoms with van der Waals surface area (Å²) >= 11 is 0. The van der Waals surface area contributed by atoms with Crippen molar-refractivity contribution < 1.29 is 25.8 Å². The average molecular weight is 404 g/mol. The number of halogens is 3. The Hall–Kier alpha value is -3.20. The molecule has 9 heteroatoms. The van der Waals surface area contributed by atoms with Gasteiger partial charge in [0.1, 0.15) is 6.33 Å². The summed E-state index contributed by atoms with van der Waals surface area (Å²) in [6, 6.07) is 16.5. The van der Waals surface area contributed by atoms with E-state index in [1.807, 2.05) is 0 Å². The third-order valence-corrected chi connectivity index (χ3v) is 5.12. The molecule has 4 rings (SSSR count). The summed E-state index contributed by atoms with van der Waals surface area (Å²) in [6.07, 6.45) is 1.27. The molecule has 0 fully saturated rings. The fourth-order valence-electron chi connectivity index (χ4n) is 2.93. The fourth-order valence-corrected chi connectivity index (χ4v) is 3.40. The molecule has 0 radical (unpaired) electrons. The first-order valence-electron chi connectivity index (χ1n) is 8.00. The monoisotopic (exact) mass is 404 g/mol. The van der Waals surface area contributed by atoms with E-state index in [1.165, 1.54) is 18.5 Å². The van der Waals surface area contributed by atoms with E-state index in [0.717, 1.165) is 0 Å². The van der Waals surface area contributed by atoms with E-state index < -0.39 is 21.4 Å². The summed E-state index contributed by atoms with van der Waals surface area (Å²) in [6.45, 7) is 0. The molecule has 0 amide bonds. The van der Waals surface area contributed by atoms with Gasteiger partial charge in [-0.3, -0.25) is 0 Å². The highest BCUT2D eigenvalue weighted by molar-refractivity contribution is 7.88. The Morgan fingerprint density at radius 1 is 0.821 bits per heavy atom. The van der Waals surface area contributed by atoms with E-state index in [9.17, 15) is 21.6 Å². The van der Waals surface area contributed by atoms with Crippen molar-refractivity contribution in [3.8, 4) is 17.0 Å². The van der Waals surface area contributed by atoms with E-state index in [2.05, 4.69) is 14.2 Å². The maximum Gasteiger partial charge on any atom is 0.534 e. The highest BCUT2D eigenvalue weighted by Crippen LogP contribution is 2.40. The Kier molecular flexibility index (Phi) is 4.19. The van der Waals surface area contributed by atoms with Crippen molar-refractivity contribution >= 4 is 31.8 Å². The Morgan fingerprint density at radius 3 is 2.25 bits per heavy atom. The van der Waals surface area contributed by atoms with Crippen molar-refractivity contribution in [3.63, 3.8) is 0 Å². The van der Waals surface area contributed by atoms with Gasteiger partial charge in [0.25, 0.3) is 0 Å². The van der Waals surface area contributed by atoms with Gasteiger partial charge in [0.15, 0.2) is 5.75 Å². The van der Waals surface area contributed by atoms with Crippen molar-refractivity contribution in [2.45, 2.75) is 5.51 Å². The third kappa shape index (κ3) is 3.03. The topological polar surface area (TPSA) is 69.2 Å². The molecule has 1 aromatic heterocycles. The quantitative estimate of drug-likeness (QED) is 0.366. The zero-order valence-electron chi connectivity index (χ0n) is 14.0. The van der Waals surface area contributed by atoms with Crippen LogP contribution in [0.15, 0.2) is 67.0 Å². The molecule has 0 N–H and O–H groups in total. The van der Waals surface area contributed by atoms with Crippen LogP contribution in [0.25, 0.3) is 32.9 Å². The highest BCUT2D eigenvalue weighted by atomic mass is 32.2. The van der Waals surface area contributed by atoms with E-state index >= 15 is 0 Å². The molecule has 0 spiro atoms. The molecular weight excluding hydrogens is 393 g/mol. The zero-order valence-corrected chi connectivity index (χ0v) is 14.8. The second-order valence-electron chi connectivity index (χ2n) is 5.88. The molecule has 4 aromatic rings. The molecule has 142 valence electrons. The maximum atomic E-state index is 12.9. The van der Waals surface area contributed by atoms with Gasteiger partial charge in [0.05, 0.1) is 16.8 Å². The van der Waals surface area contributed by atoms with Crippen molar-refractivity contribution in [1.29, 1.82) is 0 Å². The molecular formula is C19H11F3N2O3S. The van der Waals surface area contributed by atoms with Crippen LogP contribution in [0.5, 0.6) is 5.75 Å². The molecule has 1 heterocycles. The van der Waals surface area contributed by atoms with Gasteiger partial charge in [-0.1, -0.05) is 48.5 Å². The summed E-state index contributed by atoms with van der Waals surface area (Å²) in [7, 11) is -5.85. The van der Waals surface area contributed by atoms with Gasteiger partial charge >= 0.3 is 15.6 Å². The van der Waals surface area contributed by atoms with E-state index in [1.54, 1.807) is 48.5 Å². The van der Waals surface area contributed by atoms with Crippen LogP contribution in [0.3, 0.4) is 0 Å². The number of rotatable bonds is 3. The van der Waals surface area contributed by atoms with Gasteiger partial charge in [-0.05, 0) is 22.9 Å². The lowest BCUT2D eigenvalue weighted by molar-refractivity contribution is -0.0499. The molecule has 0 atom stereocenters. The number of benzene rings is 3. The van der Waals surface area contributed by atoms with Crippen LogP contribution in [0.2, 0.25) is 0 Å². The number of nitrogens with zero attached hydrogens (tertiary/aromatic N) is 2. The lowest BCUT2D eigenvalue weighted by atomic mass is 9.98. The molecule has 0 aliphatic heterocycles. The van der Waals surface area contributed by atoms with Gasteiger partial charge in [-0.2, -0.15) is 21.6 Å². The van der Waals surface area contributed by atoms with Crippen LogP contribution >= 0.6 is 0 Å². The van der Waals surface area contributed by atoms with Crippen LogP contribution in [0.1, 0.15) is 0 Å². The van der Waals surface area contributed by atoms with Crippen LogP contribution in [0.4, 0.5) is 13.2 Å². The first-order chi connectivity index (χ1) is 13.3. The van der Waals surface area contributed by atoms with Crippen molar-refractivity contribution in [2.75, 3.05) is 0 Å². The van der Waals surface area contributed by atoms with Crippen LogP contribution in [0, 0.1) is 0 Å². The summed E-state index contributed by atoms with van der Waals surface area (Å²) in [5, 5.41) is 1.74. The third-order valence-electron chi connectivity index (χ3n) is 4.15. The lowest BCUT2D eigenvalue weighted by Gasteiger charge is -2.15. The molecule has 0 unspecified atom stereocenters. The van der Waals surface area contributed by atoms with Gasteiger partial charge < -0.3 is 4.18 Å². The average Bonchev–Trinajstić information content (AvgIpc) is 2.66. The van der Waals surface area contributed by atoms with Gasteiger partial charge in [-0.25, -0.2) is 9.97 Å². The SMILES string of the molecule is O=S(=O)(Oc1ccc2ccccc2c1-c1ncnc2ccccc12)C(F)(F)F. The second kappa shape index (κ2) is 6.45. The van der Waals surface area contributed by atoms with Crippen LogP contribution in [-0.2, 0) is 10.1 Å². The normalized spacial score (nSPS) is 12.4. The molecule has 5 nitrogen and oxygen atoms in total. The van der Waals surface area contributed by atoms with Crippen molar-refractivity contribution in [2.24, 2.45) is 0 Å². The van der Waals surface area contributed by atoms with Gasteiger partial charge in [0.2, 0.25) is 0 Å². The summed E-state index contributed by atoms with van der Waals surface area (Å²) < 4.78 is 66.4. The maximum absolute atomic E-state index is 12.9. The number of hydrogen-bond acceptors (Lipinski definition) is 5. The number of para-hydroxylation sites is 1. The highest BCUT2D eigenvalue weighted by Gasteiger charge is 2.49. The molecule has 0 saturated carbocycles. The Labute approximate surface area is 157 Å². The minimum atomic E-state index is -5.85. The molecule has 28 heavy (non-hydrogen) atoms. The largest absolute Gasteiger partial charge is 0.534 e. The first kappa shape index (κ1) is 18.2. The molecule has 0 saturated heterocycles. The molecule has 0 aliphatic carbocycles. The fraction of sp³-hybridized carbons (Fsp3) is 0.0526. The Balaban J connectivity index is 2.06. The number of hydrogen-bond donors (Lipinski definition) is 0. The standard InChI is InChI=1S/C19H11F3N2O3S/c20-19(21,22)28(25,26)27-16-10-9-12-5-1-2-6-13(12)17(16)18-14-7-3-4-8-15(14)23-11-24-18/h1-11H. The minimum Gasteiger partial charge on any atom is -0.375 e. The molecule has 0 aliphatic rings. The van der Waals surface area contributed by atoms with Crippen LogP contribution < -0.4 is 4.18 Å². The van der Waals surface area contributed by atoms with Crippen LogP contribution in [-0.4, -0.2) is 23.9 Å². The first-order valence-corrected chi connectivity index (χ1v) is 9.41. The van der Waals surface area contributed by atoms with E-state index in [-0.39, 0.29) is 11.3 Å². The summed E-state index contributed by atoms with van der Waals surface area (Å²) in [5.74, 6) is -0.458. The van der Waals surface area contributed by atoms with E-state index in [4.69, 9.17) is 0 Å². The van der Waals surface area contributed by atoms with Crippen molar-refractivity contribution in [3.05, 3.63) is 67.0 Å².